The molecule has 0 saturated carbocycles. The molecule has 0 unspecified atom stereocenters. The topological polar surface area (TPSA) is 63.4 Å². The number of alkyl halides is 6. The van der Waals surface area contributed by atoms with Crippen LogP contribution in [0.25, 0.3) is 0 Å². The third kappa shape index (κ3) is 3.13. The molecule has 106 valence electrons. The van der Waals surface area contributed by atoms with Crippen molar-refractivity contribution in [2.24, 2.45) is 0 Å². The molecule has 0 aromatic heterocycles. The summed E-state index contributed by atoms with van der Waals surface area (Å²) in [7, 11) is 0. The van der Waals surface area contributed by atoms with E-state index in [1.165, 1.54) is 0 Å². The van der Waals surface area contributed by atoms with E-state index in [4.69, 9.17) is 5.11 Å². The average molecular weight is 289 g/mol. The van der Waals surface area contributed by atoms with Crippen molar-refractivity contribution < 1.29 is 36.4 Å². The van der Waals surface area contributed by atoms with Gasteiger partial charge in [-0.2, -0.15) is 26.3 Å². The lowest BCUT2D eigenvalue weighted by Gasteiger charge is -2.16. The maximum atomic E-state index is 12.6. The van der Waals surface area contributed by atoms with Gasteiger partial charge in [0.1, 0.15) is 5.56 Å². The van der Waals surface area contributed by atoms with E-state index in [0.717, 1.165) is 0 Å². The lowest BCUT2D eigenvalue weighted by Crippen LogP contribution is -2.19. The fraction of sp³-hybridized carbons (Fsp3) is 0.333. The summed E-state index contributed by atoms with van der Waals surface area (Å²) in [5, 5.41) is 19.1. The highest BCUT2D eigenvalue weighted by molar-refractivity contribution is 5.51. The van der Waals surface area contributed by atoms with E-state index in [0.29, 0.717) is 0 Å². The van der Waals surface area contributed by atoms with Crippen molar-refractivity contribution in [1.29, 1.82) is 0 Å². The van der Waals surface area contributed by atoms with Gasteiger partial charge in [0, 0.05) is 6.07 Å². The van der Waals surface area contributed by atoms with Crippen molar-refractivity contribution in [3.63, 3.8) is 0 Å². The molecule has 1 aromatic carbocycles. The molecule has 0 fully saturated rings. The maximum Gasteiger partial charge on any atom is 0.423 e. The van der Waals surface area contributed by atoms with E-state index in [1.54, 1.807) is 0 Å². The van der Waals surface area contributed by atoms with Crippen molar-refractivity contribution >= 4 is 5.69 Å². The number of hydrogen-bond donors (Lipinski definition) is 1. The van der Waals surface area contributed by atoms with E-state index < -0.39 is 46.3 Å². The van der Waals surface area contributed by atoms with E-state index in [1.807, 2.05) is 0 Å². The summed E-state index contributed by atoms with van der Waals surface area (Å²) in [4.78, 5) is 8.90. The molecule has 0 spiro atoms. The third-order valence-corrected chi connectivity index (χ3v) is 2.15. The molecular formula is C9H5F6NO3. The lowest BCUT2D eigenvalue weighted by atomic mass is 10.0. The standard InChI is InChI=1S/C9H5F6NO3/c10-8(11,12)5-1-4(3-17)2-6(16(18)19)7(5)9(13,14)15/h1-2,17H,3H2. The summed E-state index contributed by atoms with van der Waals surface area (Å²) in [5.41, 5.74) is -6.95. The molecular weight excluding hydrogens is 284 g/mol. The average Bonchev–Trinajstić information content (AvgIpc) is 2.24. The van der Waals surface area contributed by atoms with Crippen molar-refractivity contribution in [2.45, 2.75) is 19.0 Å². The molecule has 0 aliphatic heterocycles. The number of halogens is 6. The highest BCUT2D eigenvalue weighted by Crippen LogP contribution is 2.45. The number of rotatable bonds is 2. The molecule has 0 heterocycles. The summed E-state index contributed by atoms with van der Waals surface area (Å²) in [6.07, 6.45) is -11.0. The van der Waals surface area contributed by atoms with Crippen molar-refractivity contribution in [3.8, 4) is 0 Å². The smallest absolute Gasteiger partial charge is 0.392 e. The number of hydrogen-bond acceptors (Lipinski definition) is 3. The molecule has 0 radical (unpaired) electrons. The number of nitrogens with zero attached hydrogens (tertiary/aromatic N) is 1. The number of aliphatic hydroxyl groups is 1. The van der Waals surface area contributed by atoms with Crippen LogP contribution in [0.1, 0.15) is 16.7 Å². The Bertz CT molecular complexity index is 508. The molecule has 1 aromatic rings. The van der Waals surface area contributed by atoms with Gasteiger partial charge in [-0.1, -0.05) is 0 Å². The Morgan fingerprint density at radius 3 is 1.95 bits per heavy atom. The Balaban J connectivity index is 3.77. The van der Waals surface area contributed by atoms with Gasteiger partial charge in [0.05, 0.1) is 17.1 Å². The molecule has 0 bridgehead atoms. The molecule has 4 nitrogen and oxygen atoms in total. The monoisotopic (exact) mass is 289 g/mol. The van der Waals surface area contributed by atoms with Gasteiger partial charge in [-0.3, -0.25) is 10.1 Å². The van der Waals surface area contributed by atoms with Crippen LogP contribution in [0.5, 0.6) is 0 Å². The number of aliphatic hydroxyl groups excluding tert-OH is 1. The Morgan fingerprint density at radius 1 is 1.11 bits per heavy atom. The predicted octanol–water partition coefficient (Wildman–Crippen LogP) is 3.12. The van der Waals surface area contributed by atoms with Crippen LogP contribution in [0, 0.1) is 10.1 Å². The minimum atomic E-state index is -5.54. The summed E-state index contributed by atoms with van der Waals surface area (Å²) in [5.74, 6) is 0. The largest absolute Gasteiger partial charge is 0.423 e. The Morgan fingerprint density at radius 2 is 1.63 bits per heavy atom. The van der Waals surface area contributed by atoms with Gasteiger partial charge in [-0.05, 0) is 11.6 Å². The molecule has 0 aliphatic carbocycles. The minimum Gasteiger partial charge on any atom is -0.392 e. The second-order valence-electron chi connectivity index (χ2n) is 3.45. The van der Waals surface area contributed by atoms with Crippen LogP contribution in [0.15, 0.2) is 12.1 Å². The van der Waals surface area contributed by atoms with Crippen LogP contribution in [0.2, 0.25) is 0 Å². The molecule has 0 saturated heterocycles. The molecule has 0 amide bonds. The van der Waals surface area contributed by atoms with Crippen LogP contribution in [-0.4, -0.2) is 10.0 Å². The first-order valence-electron chi connectivity index (χ1n) is 4.55. The molecule has 10 heteroatoms. The molecule has 0 aliphatic rings. The van der Waals surface area contributed by atoms with Crippen LogP contribution in [0.3, 0.4) is 0 Å². The van der Waals surface area contributed by atoms with Gasteiger partial charge in [0.2, 0.25) is 0 Å². The van der Waals surface area contributed by atoms with Gasteiger partial charge in [0.25, 0.3) is 5.69 Å². The molecule has 1 rings (SSSR count). The Labute approximate surface area is 101 Å². The van der Waals surface area contributed by atoms with E-state index in [9.17, 15) is 36.5 Å². The van der Waals surface area contributed by atoms with Crippen molar-refractivity contribution in [3.05, 3.63) is 38.9 Å². The number of nitro groups is 1. The first-order chi connectivity index (χ1) is 8.48. The van der Waals surface area contributed by atoms with E-state index in [2.05, 4.69) is 0 Å². The molecule has 0 atom stereocenters. The Kier molecular flexibility index (Phi) is 3.75. The maximum absolute atomic E-state index is 12.6. The zero-order valence-corrected chi connectivity index (χ0v) is 8.84. The zero-order chi connectivity index (χ0) is 15.0. The normalized spacial score (nSPS) is 12.6. The van der Waals surface area contributed by atoms with Gasteiger partial charge in [-0.25, -0.2) is 0 Å². The molecule has 19 heavy (non-hydrogen) atoms. The van der Waals surface area contributed by atoms with Gasteiger partial charge >= 0.3 is 12.4 Å². The predicted molar refractivity (Wildman–Crippen MR) is 49.0 cm³/mol. The fourth-order valence-corrected chi connectivity index (χ4v) is 1.44. The van der Waals surface area contributed by atoms with Crippen molar-refractivity contribution in [1.82, 2.24) is 0 Å². The quantitative estimate of drug-likeness (QED) is 0.517. The Hall–Kier alpha value is -1.84. The summed E-state index contributed by atoms with van der Waals surface area (Å²) >= 11 is 0. The summed E-state index contributed by atoms with van der Waals surface area (Å²) in [6.45, 7) is -1.05. The van der Waals surface area contributed by atoms with Gasteiger partial charge < -0.3 is 5.11 Å². The summed E-state index contributed by atoms with van der Waals surface area (Å²) in [6, 6.07) is 0.299. The van der Waals surface area contributed by atoms with Crippen LogP contribution in [-0.2, 0) is 19.0 Å². The van der Waals surface area contributed by atoms with E-state index >= 15 is 0 Å². The zero-order valence-electron chi connectivity index (χ0n) is 8.84. The highest BCUT2D eigenvalue weighted by Gasteiger charge is 2.48. The fourth-order valence-electron chi connectivity index (χ4n) is 1.44. The van der Waals surface area contributed by atoms with Crippen LogP contribution < -0.4 is 0 Å². The second kappa shape index (κ2) is 4.68. The van der Waals surface area contributed by atoms with Crippen LogP contribution in [0.4, 0.5) is 32.0 Å². The van der Waals surface area contributed by atoms with Gasteiger partial charge in [0.15, 0.2) is 0 Å². The van der Waals surface area contributed by atoms with Crippen molar-refractivity contribution in [2.75, 3.05) is 0 Å². The highest BCUT2D eigenvalue weighted by atomic mass is 19.4. The first kappa shape index (κ1) is 15.2. The third-order valence-electron chi connectivity index (χ3n) is 2.15. The van der Waals surface area contributed by atoms with E-state index in [-0.39, 0.29) is 12.1 Å². The number of benzene rings is 1. The van der Waals surface area contributed by atoms with Gasteiger partial charge in [-0.15, -0.1) is 0 Å². The lowest BCUT2D eigenvalue weighted by molar-refractivity contribution is -0.388. The van der Waals surface area contributed by atoms with Crippen LogP contribution >= 0.6 is 0 Å². The minimum absolute atomic E-state index is 0.0375. The summed E-state index contributed by atoms with van der Waals surface area (Å²) < 4.78 is 75.3. The SMILES string of the molecule is O=[N+]([O-])c1cc(CO)cc(C(F)(F)F)c1C(F)(F)F. The molecule has 1 N–H and O–H groups in total. The second-order valence-corrected chi connectivity index (χ2v) is 3.45. The first-order valence-corrected chi connectivity index (χ1v) is 4.55. The number of nitro benzene ring substituents is 1.